The van der Waals surface area contributed by atoms with Crippen molar-refractivity contribution in [2.24, 2.45) is 0 Å². The molecule has 5 heteroatoms. The van der Waals surface area contributed by atoms with Gasteiger partial charge in [0.05, 0.1) is 6.61 Å². The highest BCUT2D eigenvalue weighted by atomic mass is 35.5. The van der Waals surface area contributed by atoms with Gasteiger partial charge in [-0.2, -0.15) is 0 Å². The number of para-hydroxylation sites is 1. The topological polar surface area (TPSA) is 47.6 Å². The van der Waals surface area contributed by atoms with Crippen LogP contribution < -0.4 is 14.8 Å². The summed E-state index contributed by atoms with van der Waals surface area (Å²) in [5.41, 5.74) is 1.86. The number of amides is 1. The molecule has 0 fully saturated rings. The maximum absolute atomic E-state index is 12.5. The molecule has 0 saturated carbocycles. The summed E-state index contributed by atoms with van der Waals surface area (Å²) in [4.78, 5) is 12.5. The van der Waals surface area contributed by atoms with E-state index < -0.39 is 6.10 Å². The quantitative estimate of drug-likeness (QED) is 0.751. The molecular weight excluding hydrogens is 338 g/mol. The summed E-state index contributed by atoms with van der Waals surface area (Å²) < 4.78 is 11.4. The fraction of sp³-hybridized carbons (Fsp3) is 0.350. The van der Waals surface area contributed by atoms with Crippen molar-refractivity contribution in [3.8, 4) is 11.5 Å². The van der Waals surface area contributed by atoms with Crippen LogP contribution in [0.4, 0.5) is 0 Å². The summed E-state index contributed by atoms with van der Waals surface area (Å²) in [7, 11) is 0. The third-order valence-corrected chi connectivity index (χ3v) is 4.22. The van der Waals surface area contributed by atoms with Crippen molar-refractivity contribution in [1.29, 1.82) is 0 Å². The molecule has 0 heterocycles. The van der Waals surface area contributed by atoms with E-state index in [-0.39, 0.29) is 5.91 Å². The van der Waals surface area contributed by atoms with Crippen molar-refractivity contribution in [3.05, 3.63) is 58.6 Å². The highest BCUT2D eigenvalue weighted by molar-refractivity contribution is 6.31. The molecule has 1 N–H and O–H groups in total. The Balaban J connectivity index is 1.99. The lowest BCUT2D eigenvalue weighted by atomic mass is 10.2. The molecule has 2 aromatic carbocycles. The number of aryl methyl sites for hydroxylation is 1. The summed E-state index contributed by atoms with van der Waals surface area (Å²) >= 11 is 6.02. The molecule has 0 spiro atoms. The van der Waals surface area contributed by atoms with Gasteiger partial charge in [-0.25, -0.2) is 0 Å². The Morgan fingerprint density at radius 3 is 2.64 bits per heavy atom. The average Bonchev–Trinajstić information content (AvgIpc) is 2.62. The normalized spacial score (nSPS) is 11.7. The lowest BCUT2D eigenvalue weighted by Crippen LogP contribution is -2.37. The van der Waals surface area contributed by atoms with E-state index in [9.17, 15) is 4.79 Å². The van der Waals surface area contributed by atoms with Gasteiger partial charge in [0.25, 0.3) is 5.91 Å². The first kappa shape index (κ1) is 19.1. The molecule has 1 atom stereocenters. The van der Waals surface area contributed by atoms with Crippen molar-refractivity contribution in [2.75, 3.05) is 6.61 Å². The second-order valence-electron chi connectivity index (χ2n) is 5.68. The van der Waals surface area contributed by atoms with Crippen LogP contribution in [0, 0.1) is 6.92 Å². The van der Waals surface area contributed by atoms with Gasteiger partial charge in [0, 0.05) is 17.1 Å². The van der Waals surface area contributed by atoms with Crippen LogP contribution in [-0.4, -0.2) is 18.6 Å². The zero-order valence-corrected chi connectivity index (χ0v) is 15.6. The van der Waals surface area contributed by atoms with Crippen molar-refractivity contribution in [2.45, 2.75) is 39.8 Å². The molecule has 25 heavy (non-hydrogen) atoms. The van der Waals surface area contributed by atoms with Crippen molar-refractivity contribution in [1.82, 2.24) is 5.32 Å². The van der Waals surface area contributed by atoms with Crippen molar-refractivity contribution >= 4 is 17.5 Å². The Morgan fingerprint density at radius 2 is 1.96 bits per heavy atom. The number of ether oxygens (including phenoxy) is 2. The predicted molar refractivity (Wildman–Crippen MR) is 100 cm³/mol. The van der Waals surface area contributed by atoms with Gasteiger partial charge >= 0.3 is 0 Å². The smallest absolute Gasteiger partial charge is 0.261 e. The number of halogens is 1. The molecular formula is C20H24ClNO3. The molecule has 0 unspecified atom stereocenters. The molecule has 1 amide bonds. The van der Waals surface area contributed by atoms with E-state index in [4.69, 9.17) is 21.1 Å². The first-order valence-electron chi connectivity index (χ1n) is 8.46. The van der Waals surface area contributed by atoms with Crippen LogP contribution in [0.5, 0.6) is 11.5 Å². The van der Waals surface area contributed by atoms with E-state index in [2.05, 4.69) is 5.32 Å². The molecule has 0 aliphatic heterocycles. The number of hydrogen-bond donors (Lipinski definition) is 1. The Bertz CT molecular complexity index is 718. The van der Waals surface area contributed by atoms with Gasteiger partial charge in [-0.1, -0.05) is 36.7 Å². The first-order chi connectivity index (χ1) is 12.0. The van der Waals surface area contributed by atoms with Crippen LogP contribution >= 0.6 is 11.6 Å². The molecule has 0 aliphatic carbocycles. The van der Waals surface area contributed by atoms with E-state index in [1.807, 2.05) is 51.1 Å². The summed E-state index contributed by atoms with van der Waals surface area (Å²) in [6.07, 6.45) is 0.0143. The first-order valence-corrected chi connectivity index (χ1v) is 8.84. The fourth-order valence-electron chi connectivity index (χ4n) is 2.42. The predicted octanol–water partition coefficient (Wildman–Crippen LogP) is 4.52. The van der Waals surface area contributed by atoms with Gasteiger partial charge in [0.1, 0.15) is 11.5 Å². The van der Waals surface area contributed by atoms with Gasteiger partial charge in [-0.05, 0) is 50.1 Å². The molecule has 0 aromatic heterocycles. The van der Waals surface area contributed by atoms with E-state index in [1.165, 1.54) is 0 Å². The minimum absolute atomic E-state index is 0.151. The Kier molecular flexibility index (Phi) is 7.14. The summed E-state index contributed by atoms with van der Waals surface area (Å²) in [6, 6.07) is 13.1. The third kappa shape index (κ3) is 5.40. The highest BCUT2D eigenvalue weighted by Crippen LogP contribution is 2.22. The molecule has 0 bridgehead atoms. The molecule has 2 rings (SSSR count). The second-order valence-corrected chi connectivity index (χ2v) is 6.09. The maximum atomic E-state index is 12.5. The number of hydrogen-bond acceptors (Lipinski definition) is 3. The van der Waals surface area contributed by atoms with Gasteiger partial charge < -0.3 is 14.8 Å². The summed E-state index contributed by atoms with van der Waals surface area (Å²) in [6.45, 7) is 6.74. The Hall–Kier alpha value is -2.20. The standard InChI is InChI=1S/C20H24ClNO3/c1-4-18(25-16-10-11-17(21)14(3)12-16)20(23)22-13-15-8-6-7-9-19(15)24-5-2/h6-12,18H,4-5,13H2,1-3H3,(H,22,23)/t18-/m1/s1. The van der Waals surface area contributed by atoms with Crippen LogP contribution in [-0.2, 0) is 11.3 Å². The monoisotopic (exact) mass is 361 g/mol. The minimum atomic E-state index is -0.556. The minimum Gasteiger partial charge on any atom is -0.494 e. The number of carbonyl (C=O) groups is 1. The SMILES string of the molecule is CCOc1ccccc1CNC(=O)[C@@H](CC)Oc1ccc(Cl)c(C)c1. The van der Waals surface area contributed by atoms with Crippen LogP contribution in [0.2, 0.25) is 5.02 Å². The Labute approximate surface area is 154 Å². The van der Waals surface area contributed by atoms with Gasteiger partial charge in [0.15, 0.2) is 6.10 Å². The second kappa shape index (κ2) is 9.33. The Morgan fingerprint density at radius 1 is 1.20 bits per heavy atom. The lowest BCUT2D eigenvalue weighted by molar-refractivity contribution is -0.128. The zero-order valence-electron chi connectivity index (χ0n) is 14.8. The highest BCUT2D eigenvalue weighted by Gasteiger charge is 2.19. The zero-order chi connectivity index (χ0) is 18.2. The fourth-order valence-corrected chi connectivity index (χ4v) is 2.54. The maximum Gasteiger partial charge on any atom is 0.261 e. The van der Waals surface area contributed by atoms with E-state index in [0.717, 1.165) is 16.9 Å². The molecule has 0 saturated heterocycles. The number of rotatable bonds is 8. The summed E-state index contributed by atoms with van der Waals surface area (Å²) in [5, 5.41) is 3.60. The van der Waals surface area contributed by atoms with Crippen molar-refractivity contribution in [3.63, 3.8) is 0 Å². The van der Waals surface area contributed by atoms with E-state index in [0.29, 0.717) is 30.3 Å². The third-order valence-electron chi connectivity index (χ3n) is 3.80. The molecule has 2 aromatic rings. The largest absolute Gasteiger partial charge is 0.494 e. The average molecular weight is 362 g/mol. The number of carbonyl (C=O) groups excluding carboxylic acids is 1. The molecule has 0 radical (unpaired) electrons. The lowest BCUT2D eigenvalue weighted by Gasteiger charge is -2.18. The van der Waals surface area contributed by atoms with Crippen LogP contribution in [0.25, 0.3) is 0 Å². The number of benzene rings is 2. The summed E-state index contributed by atoms with van der Waals surface area (Å²) in [5.74, 6) is 1.27. The van der Waals surface area contributed by atoms with Gasteiger partial charge in [-0.3, -0.25) is 4.79 Å². The van der Waals surface area contributed by atoms with Crippen molar-refractivity contribution < 1.29 is 14.3 Å². The van der Waals surface area contributed by atoms with E-state index >= 15 is 0 Å². The van der Waals surface area contributed by atoms with Crippen LogP contribution in [0.15, 0.2) is 42.5 Å². The molecule has 134 valence electrons. The molecule has 4 nitrogen and oxygen atoms in total. The molecule has 0 aliphatic rings. The van der Waals surface area contributed by atoms with Gasteiger partial charge in [-0.15, -0.1) is 0 Å². The van der Waals surface area contributed by atoms with Crippen LogP contribution in [0.3, 0.4) is 0 Å². The van der Waals surface area contributed by atoms with Gasteiger partial charge in [0.2, 0.25) is 0 Å². The van der Waals surface area contributed by atoms with E-state index in [1.54, 1.807) is 12.1 Å². The van der Waals surface area contributed by atoms with Crippen LogP contribution in [0.1, 0.15) is 31.4 Å². The number of nitrogens with one attached hydrogen (secondary N) is 1.